The molecule has 3 aromatic rings. The first kappa shape index (κ1) is 10.6. The highest BCUT2D eigenvalue weighted by molar-refractivity contribution is 5.60. The van der Waals surface area contributed by atoms with Crippen molar-refractivity contribution in [3.63, 3.8) is 0 Å². The minimum Gasteiger partial charge on any atom is -0.497 e. The minimum atomic E-state index is -0.105. The van der Waals surface area contributed by atoms with Crippen molar-refractivity contribution >= 4 is 5.65 Å². The van der Waals surface area contributed by atoms with Gasteiger partial charge in [-0.25, -0.2) is 4.40 Å². The van der Waals surface area contributed by atoms with Crippen LogP contribution in [0.5, 0.6) is 5.75 Å². The fourth-order valence-corrected chi connectivity index (χ4v) is 1.89. The molecule has 0 saturated heterocycles. The summed E-state index contributed by atoms with van der Waals surface area (Å²) in [6.07, 6.45) is 0. The first-order valence-electron chi connectivity index (χ1n) is 5.50. The SMILES string of the molecule is COc1ccc(-c2n[nH]c3cccc(=O)n23)cc1. The fraction of sp³-hybridized carbons (Fsp3) is 0.0769. The van der Waals surface area contributed by atoms with Gasteiger partial charge in [-0.1, -0.05) is 6.07 Å². The Labute approximate surface area is 103 Å². The van der Waals surface area contributed by atoms with Gasteiger partial charge in [0.25, 0.3) is 5.56 Å². The number of aromatic nitrogens is 3. The zero-order chi connectivity index (χ0) is 12.5. The number of benzene rings is 1. The van der Waals surface area contributed by atoms with Gasteiger partial charge < -0.3 is 4.74 Å². The summed E-state index contributed by atoms with van der Waals surface area (Å²) < 4.78 is 6.64. The number of hydrogen-bond donors (Lipinski definition) is 1. The topological polar surface area (TPSA) is 59.4 Å². The van der Waals surface area contributed by atoms with Gasteiger partial charge in [-0.15, -0.1) is 0 Å². The van der Waals surface area contributed by atoms with Gasteiger partial charge in [-0.2, -0.15) is 5.10 Å². The summed E-state index contributed by atoms with van der Waals surface area (Å²) in [4.78, 5) is 11.8. The van der Waals surface area contributed by atoms with E-state index in [2.05, 4.69) is 10.2 Å². The van der Waals surface area contributed by atoms with Crippen LogP contribution in [0.1, 0.15) is 0 Å². The van der Waals surface area contributed by atoms with Crippen molar-refractivity contribution in [1.82, 2.24) is 14.6 Å². The van der Waals surface area contributed by atoms with Gasteiger partial charge in [-0.05, 0) is 30.3 Å². The molecule has 0 amide bonds. The molecule has 0 spiro atoms. The molecule has 5 heteroatoms. The average Bonchev–Trinajstić information content (AvgIpc) is 2.84. The Morgan fingerprint density at radius 3 is 2.67 bits per heavy atom. The lowest BCUT2D eigenvalue weighted by atomic mass is 10.2. The molecule has 3 rings (SSSR count). The van der Waals surface area contributed by atoms with E-state index >= 15 is 0 Å². The molecule has 1 aromatic carbocycles. The second-order valence-corrected chi connectivity index (χ2v) is 3.86. The largest absolute Gasteiger partial charge is 0.497 e. The molecule has 0 unspecified atom stereocenters. The van der Waals surface area contributed by atoms with Gasteiger partial charge in [0.15, 0.2) is 5.82 Å². The number of hydrogen-bond acceptors (Lipinski definition) is 3. The molecule has 0 atom stereocenters. The minimum absolute atomic E-state index is 0.105. The third-order valence-electron chi connectivity index (χ3n) is 2.79. The molecule has 0 aliphatic heterocycles. The highest BCUT2D eigenvalue weighted by Crippen LogP contribution is 2.20. The lowest BCUT2D eigenvalue weighted by Crippen LogP contribution is -2.11. The number of H-pyrrole nitrogens is 1. The first-order chi connectivity index (χ1) is 8.79. The van der Waals surface area contributed by atoms with E-state index in [1.54, 1.807) is 23.6 Å². The van der Waals surface area contributed by atoms with Crippen LogP contribution in [0.2, 0.25) is 0 Å². The van der Waals surface area contributed by atoms with Crippen molar-refractivity contribution in [2.45, 2.75) is 0 Å². The van der Waals surface area contributed by atoms with Crippen LogP contribution in [0, 0.1) is 0 Å². The molecule has 0 aliphatic carbocycles. The van der Waals surface area contributed by atoms with Crippen LogP contribution in [-0.4, -0.2) is 21.7 Å². The smallest absolute Gasteiger partial charge is 0.257 e. The number of nitrogens with one attached hydrogen (secondary N) is 1. The Bertz CT molecular complexity index is 741. The summed E-state index contributed by atoms with van der Waals surface area (Å²) in [5.74, 6) is 1.36. The van der Waals surface area contributed by atoms with E-state index in [4.69, 9.17) is 4.74 Å². The Morgan fingerprint density at radius 1 is 1.17 bits per heavy atom. The highest BCUT2D eigenvalue weighted by atomic mass is 16.5. The van der Waals surface area contributed by atoms with Gasteiger partial charge in [0.1, 0.15) is 11.4 Å². The van der Waals surface area contributed by atoms with Crippen molar-refractivity contribution in [1.29, 1.82) is 0 Å². The van der Waals surface area contributed by atoms with Gasteiger partial charge in [0.2, 0.25) is 0 Å². The Kier molecular flexibility index (Phi) is 2.37. The molecule has 0 radical (unpaired) electrons. The Balaban J connectivity index is 2.22. The zero-order valence-electron chi connectivity index (χ0n) is 9.75. The maximum atomic E-state index is 11.8. The summed E-state index contributed by atoms with van der Waals surface area (Å²) in [7, 11) is 1.61. The molecule has 0 bridgehead atoms. The normalized spacial score (nSPS) is 10.7. The number of methoxy groups -OCH3 is 1. The lowest BCUT2D eigenvalue weighted by molar-refractivity contribution is 0.415. The number of aromatic amines is 1. The molecule has 18 heavy (non-hydrogen) atoms. The molecule has 0 aliphatic rings. The van der Waals surface area contributed by atoms with Crippen LogP contribution in [0.15, 0.2) is 47.3 Å². The van der Waals surface area contributed by atoms with Crippen LogP contribution < -0.4 is 10.3 Å². The number of pyridine rings is 1. The summed E-state index contributed by atoms with van der Waals surface area (Å²) in [6, 6.07) is 12.4. The van der Waals surface area contributed by atoms with Crippen molar-refractivity contribution in [3.05, 3.63) is 52.8 Å². The van der Waals surface area contributed by atoms with Crippen LogP contribution in [0.3, 0.4) is 0 Å². The van der Waals surface area contributed by atoms with Crippen LogP contribution in [0.25, 0.3) is 17.0 Å². The number of ether oxygens (including phenoxy) is 1. The fourth-order valence-electron chi connectivity index (χ4n) is 1.89. The molecule has 0 fully saturated rings. The van der Waals surface area contributed by atoms with E-state index in [1.165, 1.54) is 6.07 Å². The molecule has 0 saturated carbocycles. The van der Waals surface area contributed by atoms with Crippen molar-refractivity contribution < 1.29 is 4.74 Å². The Morgan fingerprint density at radius 2 is 1.94 bits per heavy atom. The van der Waals surface area contributed by atoms with Crippen LogP contribution >= 0.6 is 0 Å². The van der Waals surface area contributed by atoms with Crippen molar-refractivity contribution in [3.8, 4) is 17.1 Å². The summed E-state index contributed by atoms with van der Waals surface area (Å²) in [6.45, 7) is 0. The van der Waals surface area contributed by atoms with Crippen molar-refractivity contribution in [2.75, 3.05) is 7.11 Å². The van der Waals surface area contributed by atoms with E-state index in [1.807, 2.05) is 24.3 Å². The first-order valence-corrected chi connectivity index (χ1v) is 5.50. The maximum Gasteiger partial charge on any atom is 0.257 e. The molecular weight excluding hydrogens is 230 g/mol. The van der Waals surface area contributed by atoms with Gasteiger partial charge >= 0.3 is 0 Å². The molecule has 5 nitrogen and oxygen atoms in total. The molecule has 90 valence electrons. The Hall–Kier alpha value is -2.56. The van der Waals surface area contributed by atoms with Crippen LogP contribution in [0.4, 0.5) is 0 Å². The van der Waals surface area contributed by atoms with Crippen LogP contribution in [-0.2, 0) is 0 Å². The van der Waals surface area contributed by atoms with E-state index < -0.39 is 0 Å². The van der Waals surface area contributed by atoms with Gasteiger partial charge in [0.05, 0.1) is 7.11 Å². The zero-order valence-corrected chi connectivity index (χ0v) is 9.75. The maximum absolute atomic E-state index is 11.8. The van der Waals surface area contributed by atoms with Gasteiger partial charge in [-0.3, -0.25) is 9.89 Å². The highest BCUT2D eigenvalue weighted by Gasteiger charge is 2.08. The van der Waals surface area contributed by atoms with E-state index in [0.29, 0.717) is 11.5 Å². The predicted octanol–water partition coefficient (Wildman–Crippen LogP) is 1.70. The third-order valence-corrected chi connectivity index (χ3v) is 2.79. The second kappa shape index (κ2) is 4.03. The average molecular weight is 241 g/mol. The lowest BCUT2D eigenvalue weighted by Gasteiger charge is -2.01. The van der Waals surface area contributed by atoms with E-state index in [9.17, 15) is 4.79 Å². The predicted molar refractivity (Wildman–Crippen MR) is 67.8 cm³/mol. The molecule has 1 N–H and O–H groups in total. The molecule has 2 aromatic heterocycles. The summed E-state index contributed by atoms with van der Waals surface area (Å²) in [5.41, 5.74) is 1.43. The monoisotopic (exact) mass is 241 g/mol. The summed E-state index contributed by atoms with van der Waals surface area (Å²) in [5, 5.41) is 7.02. The van der Waals surface area contributed by atoms with Gasteiger partial charge in [0, 0.05) is 11.6 Å². The number of rotatable bonds is 2. The summed E-state index contributed by atoms with van der Waals surface area (Å²) >= 11 is 0. The second-order valence-electron chi connectivity index (χ2n) is 3.86. The van der Waals surface area contributed by atoms with Crippen molar-refractivity contribution in [2.24, 2.45) is 0 Å². The number of nitrogens with zero attached hydrogens (tertiary/aromatic N) is 2. The molecular formula is C13H11N3O2. The molecule has 2 heterocycles. The van der Waals surface area contributed by atoms with E-state index in [-0.39, 0.29) is 5.56 Å². The third kappa shape index (κ3) is 1.57. The quantitative estimate of drug-likeness (QED) is 0.742. The van der Waals surface area contributed by atoms with E-state index in [0.717, 1.165) is 11.3 Å². The number of fused-ring (bicyclic) bond motifs is 1. The standard InChI is InChI=1S/C13H11N3O2/c1-18-10-7-5-9(6-8-10)13-15-14-11-3-2-4-12(17)16(11)13/h2-8,14H,1H3.